The molecule has 1 atom stereocenters. The maximum Gasteiger partial charge on any atom is 0.0346 e. The molecule has 1 aliphatic heterocycles. The van der Waals surface area contributed by atoms with E-state index in [1.54, 1.807) is 0 Å². The van der Waals surface area contributed by atoms with Crippen LogP contribution in [0.3, 0.4) is 0 Å². The third kappa shape index (κ3) is 4.10. The number of piperazine rings is 1. The van der Waals surface area contributed by atoms with Crippen molar-refractivity contribution in [2.75, 3.05) is 26.2 Å². The second kappa shape index (κ2) is 8.60. The number of halogens is 2. The van der Waals surface area contributed by atoms with Crippen LogP contribution >= 0.6 is 24.8 Å². The van der Waals surface area contributed by atoms with Crippen molar-refractivity contribution >= 4 is 35.6 Å². The standard InChI is InChI=1S/C17H22N2.2ClH/c1-2-17(19-11-9-18-10-12-19)16-8-7-14-5-3-4-6-15(14)13-16;;/h3-8,13,17-18H,2,9-12H2,1H3;2*1H/t17-;;/m1../s1. The Hall–Kier alpha value is -0.800. The molecule has 21 heavy (non-hydrogen) atoms. The summed E-state index contributed by atoms with van der Waals surface area (Å²) < 4.78 is 0. The van der Waals surface area contributed by atoms with E-state index in [4.69, 9.17) is 0 Å². The zero-order valence-electron chi connectivity index (χ0n) is 12.4. The monoisotopic (exact) mass is 326 g/mol. The number of nitrogens with zero attached hydrogens (tertiary/aromatic N) is 1. The zero-order valence-corrected chi connectivity index (χ0v) is 14.1. The second-order valence-corrected chi connectivity index (χ2v) is 5.32. The first kappa shape index (κ1) is 18.2. The van der Waals surface area contributed by atoms with Gasteiger partial charge in [-0.05, 0) is 28.8 Å². The van der Waals surface area contributed by atoms with Gasteiger partial charge in [0.2, 0.25) is 0 Å². The predicted octanol–water partition coefficient (Wildman–Crippen LogP) is 4.04. The molecule has 1 heterocycles. The van der Waals surface area contributed by atoms with Crippen molar-refractivity contribution in [2.45, 2.75) is 19.4 Å². The summed E-state index contributed by atoms with van der Waals surface area (Å²) in [7, 11) is 0. The molecule has 2 nitrogen and oxygen atoms in total. The first-order valence-electron chi connectivity index (χ1n) is 7.32. The van der Waals surface area contributed by atoms with E-state index in [9.17, 15) is 0 Å². The van der Waals surface area contributed by atoms with Crippen LogP contribution in [-0.4, -0.2) is 31.1 Å². The minimum Gasteiger partial charge on any atom is -0.314 e. The van der Waals surface area contributed by atoms with Crippen molar-refractivity contribution in [1.29, 1.82) is 0 Å². The van der Waals surface area contributed by atoms with Crippen LogP contribution in [0, 0.1) is 0 Å². The quantitative estimate of drug-likeness (QED) is 0.915. The van der Waals surface area contributed by atoms with E-state index in [-0.39, 0.29) is 24.8 Å². The van der Waals surface area contributed by atoms with E-state index in [0.29, 0.717) is 6.04 Å². The largest absolute Gasteiger partial charge is 0.314 e. The number of benzene rings is 2. The summed E-state index contributed by atoms with van der Waals surface area (Å²) in [5.74, 6) is 0. The van der Waals surface area contributed by atoms with E-state index in [0.717, 1.165) is 26.2 Å². The van der Waals surface area contributed by atoms with Gasteiger partial charge in [-0.3, -0.25) is 4.90 Å². The van der Waals surface area contributed by atoms with Gasteiger partial charge >= 0.3 is 0 Å². The molecule has 0 aromatic heterocycles. The van der Waals surface area contributed by atoms with Crippen LogP contribution < -0.4 is 5.32 Å². The molecular weight excluding hydrogens is 303 g/mol. The Bertz CT molecular complexity index is 553. The molecule has 2 aromatic rings. The van der Waals surface area contributed by atoms with Crippen molar-refractivity contribution < 1.29 is 0 Å². The van der Waals surface area contributed by atoms with E-state index in [2.05, 4.69) is 59.6 Å². The summed E-state index contributed by atoms with van der Waals surface area (Å²) in [6.07, 6.45) is 1.18. The lowest BCUT2D eigenvalue weighted by atomic mass is 9.98. The average Bonchev–Trinajstić information content (AvgIpc) is 2.49. The third-order valence-corrected chi connectivity index (χ3v) is 4.14. The number of rotatable bonds is 3. The Morgan fingerprint density at radius 1 is 1.00 bits per heavy atom. The molecule has 0 unspecified atom stereocenters. The van der Waals surface area contributed by atoms with Gasteiger partial charge < -0.3 is 5.32 Å². The summed E-state index contributed by atoms with van der Waals surface area (Å²) in [6, 6.07) is 16.1. The maximum absolute atomic E-state index is 3.43. The zero-order chi connectivity index (χ0) is 13.1. The van der Waals surface area contributed by atoms with Crippen molar-refractivity contribution in [3.63, 3.8) is 0 Å². The van der Waals surface area contributed by atoms with E-state index in [1.165, 1.54) is 22.8 Å². The van der Waals surface area contributed by atoms with Gasteiger partial charge in [0.1, 0.15) is 0 Å². The molecule has 1 aliphatic rings. The molecule has 0 saturated carbocycles. The van der Waals surface area contributed by atoms with E-state index < -0.39 is 0 Å². The van der Waals surface area contributed by atoms with Gasteiger partial charge in [-0.25, -0.2) is 0 Å². The summed E-state index contributed by atoms with van der Waals surface area (Å²) in [5, 5.41) is 6.12. The number of hydrogen-bond acceptors (Lipinski definition) is 2. The van der Waals surface area contributed by atoms with Gasteiger partial charge in [0.25, 0.3) is 0 Å². The fraction of sp³-hybridized carbons (Fsp3) is 0.412. The van der Waals surface area contributed by atoms with Crippen LogP contribution in [0.4, 0.5) is 0 Å². The molecule has 1 fully saturated rings. The molecule has 1 N–H and O–H groups in total. The van der Waals surface area contributed by atoms with Crippen LogP contribution in [-0.2, 0) is 0 Å². The van der Waals surface area contributed by atoms with E-state index >= 15 is 0 Å². The van der Waals surface area contributed by atoms with Gasteiger partial charge in [-0.15, -0.1) is 24.8 Å². The highest BCUT2D eigenvalue weighted by molar-refractivity contribution is 5.85. The highest BCUT2D eigenvalue weighted by atomic mass is 35.5. The normalized spacial score (nSPS) is 16.8. The Balaban J connectivity index is 0.00000110. The molecule has 1 saturated heterocycles. The molecule has 3 rings (SSSR count). The van der Waals surface area contributed by atoms with E-state index in [1.807, 2.05) is 0 Å². The van der Waals surface area contributed by atoms with Crippen molar-refractivity contribution in [1.82, 2.24) is 10.2 Å². The summed E-state index contributed by atoms with van der Waals surface area (Å²) in [5.41, 5.74) is 1.46. The van der Waals surface area contributed by atoms with Gasteiger partial charge in [-0.1, -0.05) is 43.3 Å². The summed E-state index contributed by atoms with van der Waals surface area (Å²) >= 11 is 0. The maximum atomic E-state index is 3.43. The molecule has 4 heteroatoms. The average molecular weight is 327 g/mol. The van der Waals surface area contributed by atoms with Crippen molar-refractivity contribution in [2.24, 2.45) is 0 Å². The molecule has 0 bridgehead atoms. The number of hydrogen-bond donors (Lipinski definition) is 1. The fourth-order valence-corrected chi connectivity index (χ4v) is 3.11. The topological polar surface area (TPSA) is 15.3 Å². The SMILES string of the molecule is CC[C@H](c1ccc2ccccc2c1)N1CCNCC1.Cl.Cl. The van der Waals surface area contributed by atoms with Gasteiger partial charge in [-0.2, -0.15) is 0 Å². The molecule has 116 valence electrons. The lowest BCUT2D eigenvalue weighted by Gasteiger charge is -2.34. The van der Waals surface area contributed by atoms with Crippen LogP contribution in [0.1, 0.15) is 24.9 Å². The number of nitrogens with one attached hydrogen (secondary N) is 1. The molecule has 0 spiro atoms. The fourth-order valence-electron chi connectivity index (χ4n) is 3.11. The smallest absolute Gasteiger partial charge is 0.0346 e. The third-order valence-electron chi connectivity index (χ3n) is 4.14. The predicted molar refractivity (Wildman–Crippen MR) is 95.9 cm³/mol. The summed E-state index contributed by atoms with van der Waals surface area (Å²) in [6.45, 7) is 6.84. The first-order valence-corrected chi connectivity index (χ1v) is 7.32. The Morgan fingerprint density at radius 2 is 1.67 bits per heavy atom. The van der Waals surface area contributed by atoms with Crippen LogP contribution in [0.15, 0.2) is 42.5 Å². The Labute approximate surface area is 139 Å². The Kier molecular flexibility index (Phi) is 7.47. The van der Waals surface area contributed by atoms with Crippen LogP contribution in [0.25, 0.3) is 10.8 Å². The minimum atomic E-state index is 0. The molecule has 2 aromatic carbocycles. The van der Waals surface area contributed by atoms with Crippen LogP contribution in [0.5, 0.6) is 0 Å². The van der Waals surface area contributed by atoms with Crippen LogP contribution in [0.2, 0.25) is 0 Å². The van der Waals surface area contributed by atoms with Gasteiger partial charge in [0.05, 0.1) is 0 Å². The second-order valence-electron chi connectivity index (χ2n) is 5.32. The van der Waals surface area contributed by atoms with Crippen molar-refractivity contribution in [3.8, 4) is 0 Å². The number of fused-ring (bicyclic) bond motifs is 1. The van der Waals surface area contributed by atoms with Gasteiger partial charge in [0, 0.05) is 32.2 Å². The highest BCUT2D eigenvalue weighted by Crippen LogP contribution is 2.27. The summed E-state index contributed by atoms with van der Waals surface area (Å²) in [4.78, 5) is 2.61. The van der Waals surface area contributed by atoms with Crippen molar-refractivity contribution in [3.05, 3.63) is 48.0 Å². The molecule has 0 aliphatic carbocycles. The minimum absolute atomic E-state index is 0. The Morgan fingerprint density at radius 3 is 2.33 bits per heavy atom. The molecular formula is C17H24Cl2N2. The first-order chi connectivity index (χ1) is 9.38. The lowest BCUT2D eigenvalue weighted by molar-refractivity contribution is 0.169. The molecule has 0 radical (unpaired) electrons. The lowest BCUT2D eigenvalue weighted by Crippen LogP contribution is -2.45. The van der Waals surface area contributed by atoms with Gasteiger partial charge in [0.15, 0.2) is 0 Å². The molecule has 0 amide bonds. The highest BCUT2D eigenvalue weighted by Gasteiger charge is 2.20.